The van der Waals surface area contributed by atoms with Crippen LogP contribution in [0.4, 0.5) is 0 Å². The average Bonchev–Trinajstić information content (AvgIpc) is 2.32. The number of aromatic nitrogens is 1. The second-order valence-electron chi connectivity index (χ2n) is 4.32. The van der Waals surface area contributed by atoms with Gasteiger partial charge in [0.05, 0.1) is 17.7 Å². The first-order valence-corrected chi connectivity index (χ1v) is 6.55. The van der Waals surface area contributed by atoms with Crippen molar-refractivity contribution in [2.24, 2.45) is 0 Å². The lowest BCUT2D eigenvalue weighted by molar-refractivity contribution is 0.0717. The van der Waals surface area contributed by atoms with E-state index in [4.69, 9.17) is 0 Å². The molecule has 0 unspecified atom stereocenters. The van der Waals surface area contributed by atoms with Gasteiger partial charge in [0.15, 0.2) is 0 Å². The van der Waals surface area contributed by atoms with Crippen LogP contribution in [0.3, 0.4) is 0 Å². The molecule has 1 aliphatic rings. The molecule has 2 atom stereocenters. The highest BCUT2D eigenvalue weighted by atomic mass is 79.9. The van der Waals surface area contributed by atoms with Gasteiger partial charge in [0.25, 0.3) is 5.91 Å². The van der Waals surface area contributed by atoms with Gasteiger partial charge in [-0.2, -0.15) is 0 Å². The Morgan fingerprint density at radius 1 is 1.41 bits per heavy atom. The SMILES string of the molecule is O=C(N[C@@H]1CCCC[C@H]1O)c1cncc(Br)c1. The molecule has 0 saturated heterocycles. The predicted molar refractivity (Wildman–Crippen MR) is 67.7 cm³/mol. The first kappa shape index (κ1) is 12.5. The van der Waals surface area contributed by atoms with Gasteiger partial charge in [0, 0.05) is 16.9 Å². The summed E-state index contributed by atoms with van der Waals surface area (Å²) in [5.74, 6) is -0.176. The minimum atomic E-state index is -0.423. The average molecular weight is 299 g/mol. The summed E-state index contributed by atoms with van der Waals surface area (Å²) in [5, 5.41) is 12.6. The Balaban J connectivity index is 2.01. The fraction of sp³-hybridized carbons (Fsp3) is 0.500. The Kier molecular flexibility index (Phi) is 4.12. The molecule has 17 heavy (non-hydrogen) atoms. The second-order valence-corrected chi connectivity index (χ2v) is 5.24. The van der Waals surface area contributed by atoms with Gasteiger partial charge in [-0.15, -0.1) is 0 Å². The Bertz CT molecular complexity index is 411. The van der Waals surface area contributed by atoms with E-state index in [9.17, 15) is 9.90 Å². The van der Waals surface area contributed by atoms with Crippen LogP contribution in [0.1, 0.15) is 36.0 Å². The van der Waals surface area contributed by atoms with E-state index >= 15 is 0 Å². The molecule has 0 spiro atoms. The van der Waals surface area contributed by atoms with Crippen LogP contribution in [0.5, 0.6) is 0 Å². The number of halogens is 1. The quantitative estimate of drug-likeness (QED) is 0.876. The first-order valence-electron chi connectivity index (χ1n) is 5.76. The Morgan fingerprint density at radius 3 is 2.88 bits per heavy atom. The lowest BCUT2D eigenvalue weighted by atomic mass is 9.92. The third kappa shape index (κ3) is 3.26. The standard InChI is InChI=1S/C12H15BrN2O2/c13-9-5-8(6-14-7-9)12(17)15-10-3-1-2-4-11(10)16/h5-7,10-11,16H,1-4H2,(H,15,17)/t10-,11-/m1/s1. The van der Waals surface area contributed by atoms with Crippen molar-refractivity contribution in [3.8, 4) is 0 Å². The molecule has 1 amide bonds. The van der Waals surface area contributed by atoms with Crippen LogP contribution in [-0.2, 0) is 0 Å². The van der Waals surface area contributed by atoms with Gasteiger partial charge in [0.2, 0.25) is 0 Å². The van der Waals surface area contributed by atoms with Crippen molar-refractivity contribution in [2.75, 3.05) is 0 Å². The van der Waals surface area contributed by atoms with Crippen molar-refractivity contribution in [3.63, 3.8) is 0 Å². The Morgan fingerprint density at radius 2 is 2.18 bits per heavy atom. The summed E-state index contributed by atoms with van der Waals surface area (Å²) in [5.41, 5.74) is 0.511. The number of rotatable bonds is 2. The maximum atomic E-state index is 11.9. The van der Waals surface area contributed by atoms with E-state index < -0.39 is 6.10 Å². The molecule has 4 nitrogen and oxygen atoms in total. The predicted octanol–water partition coefficient (Wildman–Crippen LogP) is 1.88. The number of hydrogen-bond acceptors (Lipinski definition) is 3. The second kappa shape index (κ2) is 5.60. The number of pyridine rings is 1. The fourth-order valence-electron chi connectivity index (χ4n) is 2.07. The van der Waals surface area contributed by atoms with Crippen LogP contribution in [0.25, 0.3) is 0 Å². The smallest absolute Gasteiger partial charge is 0.253 e. The summed E-state index contributed by atoms with van der Waals surface area (Å²) >= 11 is 3.28. The minimum Gasteiger partial charge on any atom is -0.391 e. The number of carbonyl (C=O) groups is 1. The number of aliphatic hydroxyl groups excluding tert-OH is 1. The van der Waals surface area contributed by atoms with Gasteiger partial charge in [0.1, 0.15) is 0 Å². The van der Waals surface area contributed by atoms with Crippen molar-refractivity contribution in [3.05, 3.63) is 28.5 Å². The van der Waals surface area contributed by atoms with Gasteiger partial charge in [-0.25, -0.2) is 0 Å². The number of carbonyl (C=O) groups excluding carboxylic acids is 1. The molecule has 1 aromatic heterocycles. The zero-order chi connectivity index (χ0) is 12.3. The highest BCUT2D eigenvalue weighted by Crippen LogP contribution is 2.19. The zero-order valence-corrected chi connectivity index (χ0v) is 11.0. The molecule has 1 aliphatic carbocycles. The summed E-state index contributed by atoms with van der Waals surface area (Å²) in [6.45, 7) is 0. The Labute approximate surface area is 109 Å². The molecule has 5 heteroatoms. The molecule has 0 radical (unpaired) electrons. The van der Waals surface area contributed by atoms with Crippen LogP contribution in [-0.4, -0.2) is 28.1 Å². The fourth-order valence-corrected chi connectivity index (χ4v) is 2.43. The van der Waals surface area contributed by atoms with Crippen LogP contribution in [0, 0.1) is 0 Å². The van der Waals surface area contributed by atoms with Crippen molar-refractivity contribution >= 4 is 21.8 Å². The number of amides is 1. The first-order chi connectivity index (χ1) is 8.16. The topological polar surface area (TPSA) is 62.2 Å². The molecular weight excluding hydrogens is 284 g/mol. The zero-order valence-electron chi connectivity index (χ0n) is 9.40. The van der Waals surface area contributed by atoms with Crippen molar-refractivity contribution in [1.82, 2.24) is 10.3 Å². The summed E-state index contributed by atoms with van der Waals surface area (Å²) in [6.07, 6.45) is 6.43. The maximum absolute atomic E-state index is 11.9. The summed E-state index contributed by atoms with van der Waals surface area (Å²) in [7, 11) is 0. The maximum Gasteiger partial charge on any atom is 0.253 e. The lowest BCUT2D eigenvalue weighted by Crippen LogP contribution is -2.45. The third-order valence-corrected chi connectivity index (χ3v) is 3.45. The van der Waals surface area contributed by atoms with Crippen molar-refractivity contribution in [1.29, 1.82) is 0 Å². The van der Waals surface area contributed by atoms with Gasteiger partial charge in [-0.3, -0.25) is 9.78 Å². The normalized spacial score (nSPS) is 24.4. The Hall–Kier alpha value is -0.940. The third-order valence-electron chi connectivity index (χ3n) is 3.01. The minimum absolute atomic E-state index is 0.129. The molecule has 1 heterocycles. The van der Waals surface area contributed by atoms with E-state index in [1.54, 1.807) is 12.3 Å². The van der Waals surface area contributed by atoms with Gasteiger partial charge in [-0.1, -0.05) is 12.8 Å². The summed E-state index contributed by atoms with van der Waals surface area (Å²) < 4.78 is 0.773. The van der Waals surface area contributed by atoms with Crippen molar-refractivity contribution < 1.29 is 9.90 Å². The monoisotopic (exact) mass is 298 g/mol. The van der Waals surface area contributed by atoms with Gasteiger partial charge < -0.3 is 10.4 Å². The highest BCUT2D eigenvalue weighted by Gasteiger charge is 2.24. The van der Waals surface area contributed by atoms with E-state index in [-0.39, 0.29) is 11.9 Å². The molecule has 2 N–H and O–H groups in total. The lowest BCUT2D eigenvalue weighted by Gasteiger charge is -2.28. The molecule has 1 fully saturated rings. The molecule has 0 bridgehead atoms. The molecule has 0 aromatic carbocycles. The largest absolute Gasteiger partial charge is 0.391 e. The van der Waals surface area contributed by atoms with E-state index in [1.165, 1.54) is 6.20 Å². The van der Waals surface area contributed by atoms with Gasteiger partial charge >= 0.3 is 0 Å². The number of nitrogens with one attached hydrogen (secondary N) is 1. The van der Waals surface area contributed by atoms with Crippen LogP contribution < -0.4 is 5.32 Å². The van der Waals surface area contributed by atoms with E-state index in [0.29, 0.717) is 5.56 Å². The van der Waals surface area contributed by atoms with E-state index in [1.807, 2.05) is 0 Å². The summed E-state index contributed by atoms with van der Waals surface area (Å²) in [6, 6.07) is 1.59. The molecule has 92 valence electrons. The number of aliphatic hydroxyl groups is 1. The molecule has 2 rings (SSSR count). The number of hydrogen-bond donors (Lipinski definition) is 2. The van der Waals surface area contributed by atoms with E-state index in [2.05, 4.69) is 26.2 Å². The van der Waals surface area contributed by atoms with Crippen LogP contribution >= 0.6 is 15.9 Å². The molecular formula is C12H15BrN2O2. The molecule has 1 aromatic rings. The van der Waals surface area contributed by atoms with Crippen LogP contribution in [0.2, 0.25) is 0 Å². The summed E-state index contributed by atoms with van der Waals surface area (Å²) in [4.78, 5) is 15.9. The van der Waals surface area contributed by atoms with E-state index in [0.717, 1.165) is 30.2 Å². The van der Waals surface area contributed by atoms with Crippen LogP contribution in [0.15, 0.2) is 22.9 Å². The number of nitrogens with zero attached hydrogens (tertiary/aromatic N) is 1. The van der Waals surface area contributed by atoms with Gasteiger partial charge in [-0.05, 0) is 34.8 Å². The highest BCUT2D eigenvalue weighted by molar-refractivity contribution is 9.10. The molecule has 1 saturated carbocycles. The van der Waals surface area contributed by atoms with Crippen molar-refractivity contribution in [2.45, 2.75) is 37.8 Å². The molecule has 0 aliphatic heterocycles.